The highest BCUT2D eigenvalue weighted by Gasteiger charge is 2.40. The summed E-state index contributed by atoms with van der Waals surface area (Å²) in [6, 6.07) is 7.22. The summed E-state index contributed by atoms with van der Waals surface area (Å²) in [6.45, 7) is 1.48. The first-order valence-electron chi connectivity index (χ1n) is 9.39. The molecule has 2 atom stereocenters. The van der Waals surface area contributed by atoms with Gasteiger partial charge in [0.25, 0.3) is 0 Å². The van der Waals surface area contributed by atoms with Crippen molar-refractivity contribution < 1.29 is 9.13 Å². The number of ether oxygens (including phenoxy) is 1. The van der Waals surface area contributed by atoms with Gasteiger partial charge in [0.15, 0.2) is 11.6 Å². The molecule has 2 fully saturated rings. The molecule has 2 aliphatic rings. The van der Waals surface area contributed by atoms with Gasteiger partial charge < -0.3 is 9.64 Å². The number of anilines is 1. The van der Waals surface area contributed by atoms with Crippen molar-refractivity contribution in [3.05, 3.63) is 66.0 Å². The molecule has 2 aromatic heterocycles. The smallest absolute Gasteiger partial charge is 0.197 e. The van der Waals surface area contributed by atoms with Gasteiger partial charge in [-0.05, 0) is 47.6 Å². The Morgan fingerprint density at radius 3 is 2.36 bits per heavy atom. The Kier molecular flexibility index (Phi) is 4.24. The van der Waals surface area contributed by atoms with E-state index in [4.69, 9.17) is 4.74 Å². The first-order chi connectivity index (χ1) is 13.7. The third-order valence-corrected chi connectivity index (χ3v) is 5.58. The average Bonchev–Trinajstić information content (AvgIpc) is 3.50. The third-order valence-electron chi connectivity index (χ3n) is 5.58. The highest BCUT2D eigenvalue weighted by atomic mass is 19.1. The number of methoxy groups -OCH3 is 1. The van der Waals surface area contributed by atoms with Crippen molar-refractivity contribution in [1.82, 2.24) is 19.9 Å². The Hall–Kier alpha value is -2.93. The lowest BCUT2D eigenvalue weighted by Gasteiger charge is -2.40. The monoisotopic (exact) mass is 377 g/mol. The number of hydrogen-bond acceptors (Lipinski definition) is 6. The Bertz CT molecular complexity index is 976. The van der Waals surface area contributed by atoms with Crippen LogP contribution >= 0.6 is 0 Å². The second-order valence-electron chi connectivity index (χ2n) is 7.33. The van der Waals surface area contributed by atoms with Crippen LogP contribution in [0.1, 0.15) is 29.4 Å². The van der Waals surface area contributed by atoms with Crippen molar-refractivity contribution in [2.75, 3.05) is 25.1 Å². The van der Waals surface area contributed by atoms with Gasteiger partial charge in [0.2, 0.25) is 0 Å². The Labute approximate surface area is 162 Å². The quantitative estimate of drug-likeness (QED) is 0.681. The van der Waals surface area contributed by atoms with Crippen molar-refractivity contribution in [1.29, 1.82) is 0 Å². The van der Waals surface area contributed by atoms with Crippen LogP contribution in [0, 0.1) is 5.82 Å². The molecular weight excluding hydrogens is 357 g/mol. The minimum absolute atomic E-state index is 0.175. The van der Waals surface area contributed by atoms with Gasteiger partial charge in [-0.2, -0.15) is 0 Å². The zero-order valence-corrected chi connectivity index (χ0v) is 15.5. The van der Waals surface area contributed by atoms with Crippen LogP contribution in [0.25, 0.3) is 11.6 Å². The van der Waals surface area contributed by atoms with E-state index in [0.717, 1.165) is 30.6 Å². The molecule has 0 amide bonds. The van der Waals surface area contributed by atoms with Crippen LogP contribution in [0.3, 0.4) is 0 Å². The first kappa shape index (κ1) is 17.2. The van der Waals surface area contributed by atoms with E-state index in [-0.39, 0.29) is 11.9 Å². The van der Waals surface area contributed by atoms with Gasteiger partial charge in [0, 0.05) is 45.0 Å². The maximum Gasteiger partial charge on any atom is 0.197 e. The SMILES string of the molecule is COC1CN(c2cc([C@@H]3C[C@H]3c3cnc(-c4ncccn4)nc3)ccc2F)C1. The Morgan fingerprint density at radius 2 is 1.64 bits per heavy atom. The summed E-state index contributed by atoms with van der Waals surface area (Å²) in [4.78, 5) is 19.2. The second-order valence-corrected chi connectivity index (χ2v) is 7.33. The molecule has 3 heterocycles. The highest BCUT2D eigenvalue weighted by Crippen LogP contribution is 2.55. The summed E-state index contributed by atoms with van der Waals surface area (Å²) >= 11 is 0. The number of nitrogens with zero attached hydrogens (tertiary/aromatic N) is 5. The van der Waals surface area contributed by atoms with E-state index in [1.165, 1.54) is 0 Å². The molecule has 0 spiro atoms. The molecule has 1 saturated carbocycles. The van der Waals surface area contributed by atoms with E-state index in [9.17, 15) is 4.39 Å². The summed E-state index contributed by atoms with van der Waals surface area (Å²) in [7, 11) is 1.70. The molecule has 1 saturated heterocycles. The van der Waals surface area contributed by atoms with Crippen molar-refractivity contribution in [3.63, 3.8) is 0 Å². The highest BCUT2D eigenvalue weighted by molar-refractivity contribution is 5.54. The fourth-order valence-electron chi connectivity index (χ4n) is 3.78. The second kappa shape index (κ2) is 6.91. The Morgan fingerprint density at radius 1 is 0.964 bits per heavy atom. The maximum atomic E-state index is 14.3. The lowest BCUT2D eigenvalue weighted by Crippen LogP contribution is -2.52. The molecule has 1 aromatic carbocycles. The van der Waals surface area contributed by atoms with Crippen LogP contribution in [0.2, 0.25) is 0 Å². The van der Waals surface area contributed by atoms with Gasteiger partial charge in [-0.1, -0.05) is 6.07 Å². The molecule has 1 aliphatic carbocycles. The molecule has 1 aliphatic heterocycles. The minimum atomic E-state index is -0.175. The molecule has 3 aromatic rings. The molecule has 5 rings (SSSR count). The zero-order valence-electron chi connectivity index (χ0n) is 15.5. The van der Waals surface area contributed by atoms with E-state index in [1.54, 1.807) is 31.6 Å². The van der Waals surface area contributed by atoms with E-state index < -0.39 is 0 Å². The van der Waals surface area contributed by atoms with Gasteiger partial charge >= 0.3 is 0 Å². The third kappa shape index (κ3) is 3.11. The van der Waals surface area contributed by atoms with Crippen molar-refractivity contribution in [2.45, 2.75) is 24.4 Å². The molecule has 0 radical (unpaired) electrons. The number of aromatic nitrogens is 4. The fourth-order valence-corrected chi connectivity index (χ4v) is 3.78. The molecule has 7 heteroatoms. The number of rotatable bonds is 5. The summed E-state index contributed by atoms with van der Waals surface area (Å²) in [5, 5.41) is 0. The van der Waals surface area contributed by atoms with Crippen LogP contribution in [-0.4, -0.2) is 46.2 Å². The fraction of sp³-hybridized carbons (Fsp3) is 0.333. The predicted octanol–water partition coefficient (Wildman–Crippen LogP) is 3.18. The van der Waals surface area contributed by atoms with Crippen molar-refractivity contribution in [3.8, 4) is 11.6 Å². The zero-order chi connectivity index (χ0) is 19.1. The molecule has 0 bridgehead atoms. The number of benzene rings is 1. The average molecular weight is 377 g/mol. The normalized spacial score (nSPS) is 21.4. The summed E-state index contributed by atoms with van der Waals surface area (Å²) in [6.07, 6.45) is 8.28. The van der Waals surface area contributed by atoms with Gasteiger partial charge in [0.1, 0.15) is 5.82 Å². The topological polar surface area (TPSA) is 64.0 Å². The van der Waals surface area contributed by atoms with Crippen molar-refractivity contribution >= 4 is 5.69 Å². The summed E-state index contributed by atoms with van der Waals surface area (Å²) < 4.78 is 19.6. The van der Waals surface area contributed by atoms with Gasteiger partial charge in [-0.3, -0.25) is 0 Å². The molecule has 28 heavy (non-hydrogen) atoms. The number of hydrogen-bond donors (Lipinski definition) is 0. The lowest BCUT2D eigenvalue weighted by atomic mass is 10.0. The minimum Gasteiger partial charge on any atom is -0.378 e. The molecular formula is C21H20FN5O. The van der Waals surface area contributed by atoms with Gasteiger partial charge in [-0.15, -0.1) is 0 Å². The van der Waals surface area contributed by atoms with Crippen LogP contribution in [0.4, 0.5) is 10.1 Å². The van der Waals surface area contributed by atoms with Crippen LogP contribution < -0.4 is 4.90 Å². The Balaban J connectivity index is 1.31. The molecule has 0 N–H and O–H groups in total. The lowest BCUT2D eigenvalue weighted by molar-refractivity contribution is 0.0784. The van der Waals surface area contributed by atoms with Gasteiger partial charge in [-0.25, -0.2) is 24.3 Å². The standard InChI is InChI=1S/C21H20FN5O/c1-28-15-11-27(12-15)19-7-13(3-4-18(19)22)16-8-17(16)14-9-25-21(26-10-14)20-23-5-2-6-24-20/h2-7,9-10,15-17H,8,11-12H2,1H3/t16-,17-/m0/s1. The van der Waals surface area contributed by atoms with Crippen LogP contribution in [0.15, 0.2) is 49.1 Å². The summed E-state index contributed by atoms with van der Waals surface area (Å²) in [5.74, 6) is 1.61. The first-order valence-corrected chi connectivity index (χ1v) is 9.39. The molecule has 0 unspecified atom stereocenters. The van der Waals surface area contributed by atoms with Gasteiger partial charge in [0.05, 0.1) is 11.8 Å². The van der Waals surface area contributed by atoms with E-state index in [0.29, 0.717) is 29.2 Å². The predicted molar refractivity (Wildman–Crippen MR) is 103 cm³/mol. The summed E-state index contributed by atoms with van der Waals surface area (Å²) in [5.41, 5.74) is 2.93. The van der Waals surface area contributed by atoms with Crippen molar-refractivity contribution in [2.24, 2.45) is 0 Å². The van der Waals surface area contributed by atoms with E-state index in [2.05, 4.69) is 19.9 Å². The maximum absolute atomic E-state index is 14.3. The molecule has 6 nitrogen and oxygen atoms in total. The van der Waals surface area contributed by atoms with E-state index >= 15 is 0 Å². The number of halogens is 1. The largest absolute Gasteiger partial charge is 0.378 e. The van der Waals surface area contributed by atoms with E-state index in [1.807, 2.05) is 29.4 Å². The van der Waals surface area contributed by atoms with Crippen LogP contribution in [-0.2, 0) is 4.74 Å². The molecule has 142 valence electrons. The van der Waals surface area contributed by atoms with Crippen LogP contribution in [0.5, 0.6) is 0 Å².